The van der Waals surface area contributed by atoms with E-state index < -0.39 is 11.7 Å². The van der Waals surface area contributed by atoms with Crippen molar-refractivity contribution >= 4 is 16.7 Å². The smallest absolute Gasteiger partial charge is 0.416 e. The highest BCUT2D eigenvalue weighted by atomic mass is 19.4. The number of carbonyl (C=O) groups is 1. The molecule has 140 valence electrons. The first-order valence-electron chi connectivity index (χ1n) is 8.36. The molecule has 0 unspecified atom stereocenters. The van der Waals surface area contributed by atoms with Crippen LogP contribution in [0.15, 0.2) is 60.7 Å². The average Bonchev–Trinajstić information content (AvgIpc) is 2.65. The highest BCUT2D eigenvalue weighted by molar-refractivity contribution is 5.88. The zero-order chi connectivity index (χ0) is 19.4. The summed E-state index contributed by atoms with van der Waals surface area (Å²) >= 11 is 0. The van der Waals surface area contributed by atoms with Gasteiger partial charge in [0.2, 0.25) is 5.91 Å². The van der Waals surface area contributed by atoms with E-state index in [1.54, 1.807) is 7.11 Å². The van der Waals surface area contributed by atoms with Crippen molar-refractivity contribution in [1.82, 2.24) is 5.32 Å². The minimum Gasteiger partial charge on any atom is -0.496 e. The van der Waals surface area contributed by atoms with Crippen molar-refractivity contribution in [2.75, 3.05) is 7.11 Å². The molecule has 0 heterocycles. The van der Waals surface area contributed by atoms with Crippen LogP contribution in [0.2, 0.25) is 0 Å². The quantitative estimate of drug-likeness (QED) is 0.702. The zero-order valence-corrected chi connectivity index (χ0v) is 14.6. The number of rotatable bonds is 5. The third-order valence-corrected chi connectivity index (χ3v) is 4.30. The zero-order valence-electron chi connectivity index (χ0n) is 14.6. The van der Waals surface area contributed by atoms with Crippen LogP contribution in [0.5, 0.6) is 5.75 Å². The van der Waals surface area contributed by atoms with Crippen LogP contribution in [0.3, 0.4) is 0 Å². The summed E-state index contributed by atoms with van der Waals surface area (Å²) in [5, 5.41) is 4.74. The molecule has 0 fully saturated rings. The Balaban J connectivity index is 1.74. The Morgan fingerprint density at radius 3 is 2.56 bits per heavy atom. The summed E-state index contributed by atoms with van der Waals surface area (Å²) in [5.74, 6) is 0.289. The number of benzene rings is 3. The average molecular weight is 373 g/mol. The van der Waals surface area contributed by atoms with Crippen molar-refractivity contribution in [2.24, 2.45) is 0 Å². The first-order chi connectivity index (χ1) is 12.9. The van der Waals surface area contributed by atoms with Gasteiger partial charge in [-0.05, 0) is 28.5 Å². The molecule has 0 bridgehead atoms. The number of nitrogens with one attached hydrogen (secondary N) is 1. The van der Waals surface area contributed by atoms with Crippen molar-refractivity contribution in [1.29, 1.82) is 0 Å². The molecule has 3 nitrogen and oxygen atoms in total. The standard InChI is InChI=1S/C21H18F3NO2/c1-27-19-10-9-15-6-2-3-8-17(15)18(19)13-25-20(26)12-14-5-4-7-16(11-14)21(22,23)24/h2-11H,12-13H2,1H3,(H,25,26). The van der Waals surface area contributed by atoms with Crippen LogP contribution in [0.4, 0.5) is 13.2 Å². The normalized spacial score (nSPS) is 11.4. The van der Waals surface area contributed by atoms with E-state index >= 15 is 0 Å². The molecule has 0 aromatic heterocycles. The van der Waals surface area contributed by atoms with Crippen molar-refractivity contribution in [3.05, 3.63) is 77.4 Å². The fraction of sp³-hybridized carbons (Fsp3) is 0.190. The predicted molar refractivity (Wildman–Crippen MR) is 97.5 cm³/mol. The molecule has 0 aliphatic rings. The van der Waals surface area contributed by atoms with Crippen LogP contribution in [0, 0.1) is 0 Å². The van der Waals surface area contributed by atoms with E-state index in [2.05, 4.69) is 5.32 Å². The van der Waals surface area contributed by atoms with Gasteiger partial charge in [0.1, 0.15) is 5.75 Å². The van der Waals surface area contributed by atoms with Crippen LogP contribution in [-0.4, -0.2) is 13.0 Å². The number of hydrogen-bond acceptors (Lipinski definition) is 2. The number of methoxy groups -OCH3 is 1. The van der Waals surface area contributed by atoms with E-state index in [1.165, 1.54) is 12.1 Å². The highest BCUT2D eigenvalue weighted by Gasteiger charge is 2.30. The van der Waals surface area contributed by atoms with Gasteiger partial charge in [-0.3, -0.25) is 4.79 Å². The molecule has 0 saturated carbocycles. The second-order valence-electron chi connectivity index (χ2n) is 6.12. The van der Waals surface area contributed by atoms with Crippen molar-refractivity contribution < 1.29 is 22.7 Å². The molecule has 3 aromatic carbocycles. The topological polar surface area (TPSA) is 38.3 Å². The Hall–Kier alpha value is -3.02. The van der Waals surface area contributed by atoms with E-state index in [9.17, 15) is 18.0 Å². The van der Waals surface area contributed by atoms with Gasteiger partial charge in [-0.1, -0.05) is 48.5 Å². The van der Waals surface area contributed by atoms with Gasteiger partial charge in [0.15, 0.2) is 0 Å². The number of hydrogen-bond donors (Lipinski definition) is 1. The maximum atomic E-state index is 12.8. The summed E-state index contributed by atoms with van der Waals surface area (Å²) in [7, 11) is 1.55. The molecule has 0 radical (unpaired) electrons. The Labute approximate surface area is 154 Å². The molecule has 27 heavy (non-hydrogen) atoms. The molecule has 0 atom stereocenters. The lowest BCUT2D eigenvalue weighted by molar-refractivity contribution is -0.137. The van der Waals surface area contributed by atoms with Gasteiger partial charge < -0.3 is 10.1 Å². The summed E-state index contributed by atoms with van der Waals surface area (Å²) in [6, 6.07) is 16.3. The number of fused-ring (bicyclic) bond motifs is 1. The van der Waals surface area contributed by atoms with Gasteiger partial charge in [-0.15, -0.1) is 0 Å². The van der Waals surface area contributed by atoms with Gasteiger partial charge in [-0.2, -0.15) is 13.2 Å². The highest BCUT2D eigenvalue weighted by Crippen LogP contribution is 2.30. The summed E-state index contributed by atoms with van der Waals surface area (Å²) in [6.07, 6.45) is -4.56. The van der Waals surface area contributed by atoms with Crippen LogP contribution < -0.4 is 10.1 Å². The van der Waals surface area contributed by atoms with Gasteiger partial charge in [-0.25, -0.2) is 0 Å². The predicted octanol–water partition coefficient (Wildman–Crippen LogP) is 4.73. The maximum absolute atomic E-state index is 12.8. The number of amides is 1. The van der Waals surface area contributed by atoms with Crippen LogP contribution in [-0.2, 0) is 23.9 Å². The Bertz CT molecular complexity index is 967. The van der Waals surface area contributed by atoms with Gasteiger partial charge in [0, 0.05) is 12.1 Å². The first kappa shape index (κ1) is 18.8. The fourth-order valence-electron chi connectivity index (χ4n) is 2.98. The molecular formula is C21H18F3NO2. The minimum atomic E-state index is -4.43. The molecule has 0 aliphatic heterocycles. The maximum Gasteiger partial charge on any atom is 0.416 e. The molecule has 1 N–H and O–H groups in total. The Morgan fingerprint density at radius 2 is 1.81 bits per heavy atom. The van der Waals surface area contributed by atoms with Crippen LogP contribution >= 0.6 is 0 Å². The number of halogens is 3. The third-order valence-electron chi connectivity index (χ3n) is 4.30. The van der Waals surface area contributed by atoms with E-state index in [0.717, 1.165) is 28.5 Å². The Kier molecular flexibility index (Phi) is 5.35. The third kappa shape index (κ3) is 4.39. The minimum absolute atomic E-state index is 0.128. The molecular weight excluding hydrogens is 355 g/mol. The van der Waals surface area contributed by atoms with Crippen LogP contribution in [0.25, 0.3) is 10.8 Å². The van der Waals surface area contributed by atoms with Crippen molar-refractivity contribution in [3.63, 3.8) is 0 Å². The van der Waals surface area contributed by atoms with Crippen LogP contribution in [0.1, 0.15) is 16.7 Å². The van der Waals surface area contributed by atoms with Gasteiger partial charge >= 0.3 is 6.18 Å². The van der Waals surface area contributed by atoms with E-state index in [-0.39, 0.29) is 18.9 Å². The van der Waals surface area contributed by atoms with E-state index in [1.807, 2.05) is 36.4 Å². The Morgan fingerprint density at radius 1 is 1.04 bits per heavy atom. The summed E-state index contributed by atoms with van der Waals surface area (Å²) in [6.45, 7) is 0.225. The summed E-state index contributed by atoms with van der Waals surface area (Å²) in [4.78, 5) is 12.2. The second-order valence-corrected chi connectivity index (χ2v) is 6.12. The SMILES string of the molecule is COc1ccc2ccccc2c1CNC(=O)Cc1cccc(C(F)(F)F)c1. The molecule has 3 aromatic rings. The molecule has 0 aliphatic carbocycles. The number of alkyl halides is 3. The van der Waals surface area contributed by atoms with Gasteiger partial charge in [0.05, 0.1) is 19.1 Å². The summed E-state index contributed by atoms with van der Waals surface area (Å²) in [5.41, 5.74) is 0.378. The molecule has 0 saturated heterocycles. The van der Waals surface area contributed by atoms with E-state index in [0.29, 0.717) is 11.3 Å². The molecule has 3 rings (SSSR count). The van der Waals surface area contributed by atoms with Crippen molar-refractivity contribution in [2.45, 2.75) is 19.1 Å². The molecule has 1 amide bonds. The lowest BCUT2D eigenvalue weighted by Crippen LogP contribution is -2.25. The molecule has 6 heteroatoms. The van der Waals surface area contributed by atoms with Gasteiger partial charge in [0.25, 0.3) is 0 Å². The summed E-state index contributed by atoms with van der Waals surface area (Å²) < 4.78 is 43.8. The monoisotopic (exact) mass is 373 g/mol. The largest absolute Gasteiger partial charge is 0.496 e. The molecule has 0 spiro atoms. The van der Waals surface area contributed by atoms with Crippen molar-refractivity contribution in [3.8, 4) is 5.75 Å². The second kappa shape index (κ2) is 7.70. The fourth-order valence-corrected chi connectivity index (χ4v) is 2.98. The number of carbonyl (C=O) groups excluding carboxylic acids is 1. The van der Waals surface area contributed by atoms with E-state index in [4.69, 9.17) is 4.74 Å². The first-order valence-corrected chi connectivity index (χ1v) is 8.36. The number of ether oxygens (including phenoxy) is 1. The lowest BCUT2D eigenvalue weighted by Gasteiger charge is -2.13. The lowest BCUT2D eigenvalue weighted by atomic mass is 10.0.